The second-order valence-electron chi connectivity index (χ2n) is 21.6. The van der Waals surface area contributed by atoms with Crippen LogP contribution in [0.25, 0.3) is 0 Å². The van der Waals surface area contributed by atoms with Crippen molar-refractivity contribution in [3.63, 3.8) is 0 Å². The highest BCUT2D eigenvalue weighted by Crippen LogP contribution is 2.40. The van der Waals surface area contributed by atoms with Crippen LogP contribution in [0, 0.1) is 5.92 Å². The second kappa shape index (κ2) is 29.3. The lowest BCUT2D eigenvalue weighted by Crippen LogP contribution is -2.71. The van der Waals surface area contributed by atoms with E-state index in [2.05, 4.69) is 0 Å². The van der Waals surface area contributed by atoms with Crippen LogP contribution in [0.2, 0.25) is 0 Å². The fraction of sp³-hybridized carbons (Fsp3) is 0.978. The molecule has 7 heterocycles. The Morgan fingerprint density at radius 3 is 1.44 bits per heavy atom. The van der Waals surface area contributed by atoms with Crippen LogP contribution in [0.1, 0.15) is 13.3 Å². The minimum atomic E-state index is -3.04. The summed E-state index contributed by atoms with van der Waals surface area (Å²) in [6.07, 6.45) is -63.9. The van der Waals surface area contributed by atoms with Crippen molar-refractivity contribution < 1.29 is 179 Å². The highest BCUT2D eigenvalue weighted by atomic mass is 16.8. The Bertz CT molecular complexity index is 2050. The third kappa shape index (κ3) is 14.1. The first-order valence-electron chi connectivity index (χ1n) is 26.8. The Hall–Kier alpha value is -1.97. The van der Waals surface area contributed by atoms with Crippen molar-refractivity contribution in [2.75, 3.05) is 46.2 Å². The monoisotopic (exact) mass is 1240 g/mol. The minimum Gasteiger partial charge on any atom is -0.477 e. The average molecular weight is 1240 g/mol. The van der Waals surface area contributed by atoms with Crippen LogP contribution in [0.5, 0.6) is 0 Å². The summed E-state index contributed by atoms with van der Waals surface area (Å²) in [5.74, 6) is -6.48. The smallest absolute Gasteiger partial charge is 0.364 e. The van der Waals surface area contributed by atoms with Crippen molar-refractivity contribution in [1.82, 2.24) is 0 Å². The quantitative estimate of drug-likeness (QED) is 0.0479. The van der Waals surface area contributed by atoms with E-state index in [1.165, 1.54) is 6.92 Å². The van der Waals surface area contributed by atoms with Gasteiger partial charge >= 0.3 is 5.97 Å². The molecule has 38 nitrogen and oxygen atoms in total. The molecule has 7 fully saturated rings. The van der Waals surface area contributed by atoms with Gasteiger partial charge in [-0.25, -0.2) is 4.79 Å². The fourth-order valence-corrected chi connectivity index (χ4v) is 10.9. The molecule has 26 N–H and O–H groups in total. The summed E-state index contributed by atoms with van der Waals surface area (Å²) < 4.78 is 74.5. The number of aliphatic hydroxyl groups excluding tert-OH is 21. The molecule has 0 saturated carbocycles. The van der Waals surface area contributed by atoms with E-state index in [-0.39, 0.29) is 0 Å². The summed E-state index contributed by atoms with van der Waals surface area (Å²) in [6, 6.07) is -2.85. The molecule has 0 aromatic heterocycles. The van der Waals surface area contributed by atoms with Gasteiger partial charge in [0.05, 0.1) is 52.4 Å². The van der Waals surface area contributed by atoms with E-state index in [4.69, 9.17) is 73.0 Å². The molecule has 0 aromatic carbocycles. The molecule has 7 saturated heterocycles. The van der Waals surface area contributed by atoms with Gasteiger partial charge in [0.15, 0.2) is 37.7 Å². The van der Waals surface area contributed by atoms with Crippen LogP contribution in [0.3, 0.4) is 0 Å². The Morgan fingerprint density at radius 1 is 0.488 bits per heavy atom. The SMILES string of the molecule is C[C@H]1C(O)[C@H](O[C@@H]2O[C@@H](CO)[C@H](O)C(O[C@]3(C(=O)O)C[C@@H](N)[C@@H](N)C([C@H](O)[C@H](O)CO)O3)C2O)C(CO[C@@H]2OC(CO)[C@@H](O[C@@H]3OC(CO)[C@H](O)C(O)[C@@H]3O)C(O)[C@@H]2O)O[C@H]1OC1[C@@H](O)C(CO)O[C@@H](O[C@@H]2C(CO)O[C@@H](O)[C@@H](O)C2O)[C@H]1O. The van der Waals surface area contributed by atoms with Gasteiger partial charge in [-0.05, 0) is 0 Å². The topological polar surface area (TPSA) is 634 Å². The van der Waals surface area contributed by atoms with Crippen molar-refractivity contribution in [3.8, 4) is 0 Å². The second-order valence-corrected chi connectivity index (χ2v) is 21.6. The number of rotatable bonds is 22. The van der Waals surface area contributed by atoms with Gasteiger partial charge in [-0.3, -0.25) is 0 Å². The van der Waals surface area contributed by atoms with Crippen LogP contribution in [0.4, 0.5) is 0 Å². The number of carboxylic acid groups (broad SMARTS) is 1. The Labute approximate surface area is 475 Å². The molecule has 0 aromatic rings. The Balaban J connectivity index is 1.17. The molecule has 7 rings (SSSR count). The molecule has 7 aliphatic rings. The molecule has 38 heteroatoms. The predicted octanol–water partition coefficient (Wildman–Crippen LogP) is -15.9. The normalized spacial score (nSPS) is 51.3. The summed E-state index contributed by atoms with van der Waals surface area (Å²) in [5.41, 5.74) is 12.3. The molecule has 13 unspecified atom stereocenters. The molecule has 0 bridgehead atoms. The number of carboxylic acids is 1. The van der Waals surface area contributed by atoms with Crippen molar-refractivity contribution in [3.05, 3.63) is 0 Å². The van der Waals surface area contributed by atoms with E-state index >= 15 is 0 Å². The molecule has 490 valence electrons. The van der Waals surface area contributed by atoms with Gasteiger partial charge in [0.25, 0.3) is 5.79 Å². The van der Waals surface area contributed by atoms with Gasteiger partial charge in [-0.15, -0.1) is 0 Å². The lowest BCUT2D eigenvalue weighted by atomic mass is 9.87. The van der Waals surface area contributed by atoms with E-state index in [0.29, 0.717) is 0 Å². The lowest BCUT2D eigenvalue weighted by molar-refractivity contribution is -0.395. The largest absolute Gasteiger partial charge is 0.477 e. The molecular formula is C46H80N2O36. The Morgan fingerprint density at radius 2 is 0.917 bits per heavy atom. The number of ether oxygens (including phenoxy) is 13. The summed E-state index contributed by atoms with van der Waals surface area (Å²) >= 11 is 0. The number of hydrogen-bond acceptors (Lipinski definition) is 37. The van der Waals surface area contributed by atoms with Crippen LogP contribution in [-0.2, 0) is 66.4 Å². The summed E-state index contributed by atoms with van der Waals surface area (Å²) in [7, 11) is 0. The number of aliphatic hydroxyl groups is 21. The Kier molecular flexibility index (Phi) is 24.3. The third-order valence-corrected chi connectivity index (χ3v) is 16.0. The number of aliphatic carboxylic acids is 1. The number of hydrogen-bond donors (Lipinski definition) is 24. The number of carbonyl (C=O) groups is 1. The van der Waals surface area contributed by atoms with Crippen molar-refractivity contribution in [1.29, 1.82) is 0 Å². The summed E-state index contributed by atoms with van der Waals surface area (Å²) in [4.78, 5) is 13.1. The van der Waals surface area contributed by atoms with Crippen LogP contribution in [-0.4, -0.2) is 379 Å². The van der Waals surface area contributed by atoms with E-state index in [0.717, 1.165) is 0 Å². The molecule has 0 radical (unpaired) electrons. The maximum absolute atomic E-state index is 13.1. The van der Waals surface area contributed by atoms with Gasteiger partial charge in [-0.2, -0.15) is 0 Å². The molecule has 36 atom stereocenters. The molecule has 0 amide bonds. The molecule has 0 spiro atoms. The third-order valence-electron chi connectivity index (χ3n) is 16.0. The molecule has 7 aliphatic heterocycles. The molecule has 0 aliphatic carbocycles. The van der Waals surface area contributed by atoms with Gasteiger partial charge < -0.3 is 185 Å². The van der Waals surface area contributed by atoms with Crippen molar-refractivity contribution in [2.45, 2.75) is 228 Å². The van der Waals surface area contributed by atoms with Gasteiger partial charge in [0.1, 0.15) is 153 Å². The van der Waals surface area contributed by atoms with E-state index in [1.807, 2.05) is 0 Å². The first kappa shape index (κ1) is 69.5. The van der Waals surface area contributed by atoms with E-state index in [1.54, 1.807) is 0 Å². The minimum absolute atomic E-state index is 0.862. The van der Waals surface area contributed by atoms with Crippen molar-refractivity contribution >= 4 is 5.97 Å². The summed E-state index contributed by atoms with van der Waals surface area (Å²) in [5, 5.41) is 235. The zero-order valence-corrected chi connectivity index (χ0v) is 44.6. The lowest BCUT2D eigenvalue weighted by Gasteiger charge is -2.51. The zero-order valence-electron chi connectivity index (χ0n) is 44.6. The van der Waals surface area contributed by atoms with Gasteiger partial charge in [-0.1, -0.05) is 6.92 Å². The highest BCUT2D eigenvalue weighted by molar-refractivity contribution is 5.76. The standard InChI is InChI=1S/C46H80N2O36/c1-10-20(56)35(81-44-32(68)38(24(60)15(6-52)76-44)84-46(45(70)71)2-11(47)19(48)36(83-46)21(57)12(55)3-49)18(9-72-41-30(66)27(63)34(17(8-54)77-41)79-42-29(65)25(61)22(58)13(4-50)74-42)78-40(10)82-37-23(59)14(5-51)75-43(31(37)67)80-33-16(7-53)73-39(69)28(64)26(33)62/h10-44,49-69H,2-9,47-48H2,1H3,(H,70,71)/t10-,11+,12+,13?,14?,15-,16?,17?,18?,19+,20?,21+,22-,23-,24-,25?,26?,27?,28-,29-,30-,31-,32?,33+,34+,35+,36?,37?,38?,39+,40-,41+,42-,43-,44-,46-/m0/s1. The highest BCUT2D eigenvalue weighted by Gasteiger charge is 2.61. The summed E-state index contributed by atoms with van der Waals surface area (Å²) in [6.45, 7) is -5.82. The first-order valence-corrected chi connectivity index (χ1v) is 26.8. The average Bonchev–Trinajstić information content (AvgIpc) is 2.56. The van der Waals surface area contributed by atoms with Gasteiger partial charge in [0, 0.05) is 24.4 Å². The number of nitrogens with two attached hydrogens (primary N) is 2. The van der Waals surface area contributed by atoms with Crippen molar-refractivity contribution in [2.24, 2.45) is 17.4 Å². The molecular weight excluding hydrogens is 1160 g/mol. The maximum Gasteiger partial charge on any atom is 0.364 e. The molecule has 84 heavy (non-hydrogen) atoms. The van der Waals surface area contributed by atoms with Crippen LogP contribution < -0.4 is 11.5 Å². The maximum atomic E-state index is 13.1. The van der Waals surface area contributed by atoms with E-state index < -0.39 is 279 Å². The van der Waals surface area contributed by atoms with E-state index in [9.17, 15) is 117 Å². The fourth-order valence-electron chi connectivity index (χ4n) is 10.9. The van der Waals surface area contributed by atoms with Crippen LogP contribution >= 0.6 is 0 Å². The van der Waals surface area contributed by atoms with Gasteiger partial charge in [0.2, 0.25) is 0 Å². The van der Waals surface area contributed by atoms with Crippen LogP contribution in [0.15, 0.2) is 0 Å². The predicted molar refractivity (Wildman–Crippen MR) is 256 cm³/mol. The zero-order chi connectivity index (χ0) is 62.1. The first-order chi connectivity index (χ1) is 39.6.